The smallest absolute Gasteiger partial charge is 0.0502 e. The molecule has 0 saturated carbocycles. The largest absolute Gasteiger partial charge is 0.310 e. The van der Waals surface area contributed by atoms with E-state index in [1.165, 1.54) is 121 Å². The number of nitrogens with zero attached hydrogens (tertiary/aromatic N) is 2. The Morgan fingerprint density at radius 3 is 1.23 bits per heavy atom. The molecule has 0 saturated heterocycles. The second-order valence-corrected chi connectivity index (χ2v) is 20.5. The lowest BCUT2D eigenvalue weighted by Gasteiger charge is -2.42. The maximum Gasteiger partial charge on any atom is 0.0502 e. The summed E-state index contributed by atoms with van der Waals surface area (Å²) in [6, 6.07) is 86.7. The number of hydrogen-bond acceptors (Lipinski definition) is 2. The van der Waals surface area contributed by atoms with Gasteiger partial charge in [-0.3, -0.25) is 0 Å². The van der Waals surface area contributed by atoms with E-state index in [0.717, 1.165) is 11.4 Å². The molecular formula is C68H50N2. The molecule has 70 heavy (non-hydrogen) atoms. The molecule has 2 aliphatic rings. The van der Waals surface area contributed by atoms with Crippen LogP contribution in [0.1, 0.15) is 49.9 Å². The van der Waals surface area contributed by atoms with E-state index in [9.17, 15) is 0 Å². The second-order valence-electron chi connectivity index (χ2n) is 20.5. The van der Waals surface area contributed by atoms with E-state index >= 15 is 0 Å². The summed E-state index contributed by atoms with van der Waals surface area (Å²) in [4.78, 5) is 5.01. The fourth-order valence-corrected chi connectivity index (χ4v) is 12.6. The SMILES string of the molecule is CC1(C)c2ccccc2N(c2ccc3c(-c4cc5ccccc5c5ccccc45)c4cc(N5c6ccccc6C(C)(C)c6ccccc65)ccc4c(-c4ccc5ccccc5c4)c3c2)c2ccccc21. The van der Waals surface area contributed by atoms with Gasteiger partial charge in [0.2, 0.25) is 0 Å². The molecule has 14 rings (SSSR count). The molecule has 0 atom stereocenters. The molecule has 2 nitrogen and oxygen atoms in total. The summed E-state index contributed by atoms with van der Waals surface area (Å²) in [6.45, 7) is 9.46. The minimum atomic E-state index is -0.169. The first-order chi connectivity index (χ1) is 34.3. The number of fused-ring (bicyclic) bond motifs is 10. The van der Waals surface area contributed by atoms with Crippen LogP contribution in [0.25, 0.3) is 76.1 Å². The molecule has 0 bridgehead atoms. The van der Waals surface area contributed by atoms with E-state index < -0.39 is 0 Å². The third-order valence-electron chi connectivity index (χ3n) is 15.9. The first-order valence-corrected chi connectivity index (χ1v) is 24.7. The molecule has 0 fully saturated rings. The average molecular weight is 895 g/mol. The molecule has 2 heteroatoms. The Kier molecular flexibility index (Phi) is 8.71. The van der Waals surface area contributed by atoms with Crippen LogP contribution >= 0.6 is 0 Å². The Hall–Kier alpha value is -8.46. The molecule has 2 aliphatic heterocycles. The number of rotatable bonds is 4. The average Bonchev–Trinajstić information content (AvgIpc) is 3.40. The predicted octanol–water partition coefficient (Wildman–Crippen LogP) is 19.0. The van der Waals surface area contributed by atoms with Crippen molar-refractivity contribution in [3.63, 3.8) is 0 Å². The first-order valence-electron chi connectivity index (χ1n) is 24.7. The lowest BCUT2D eigenvalue weighted by molar-refractivity contribution is 0.632. The second kappa shape index (κ2) is 15.0. The van der Waals surface area contributed by atoms with E-state index in [2.05, 4.69) is 268 Å². The highest BCUT2D eigenvalue weighted by Crippen LogP contribution is 2.56. The van der Waals surface area contributed by atoms with E-state index in [4.69, 9.17) is 0 Å². The maximum absolute atomic E-state index is 2.51. The molecule has 0 amide bonds. The van der Waals surface area contributed by atoms with E-state index in [1.54, 1.807) is 0 Å². The molecular weight excluding hydrogens is 845 g/mol. The van der Waals surface area contributed by atoms with Gasteiger partial charge in [0.05, 0.1) is 22.7 Å². The van der Waals surface area contributed by atoms with Crippen molar-refractivity contribution in [2.45, 2.75) is 38.5 Å². The van der Waals surface area contributed by atoms with Gasteiger partial charge in [-0.1, -0.05) is 198 Å². The minimum absolute atomic E-state index is 0.167. The summed E-state index contributed by atoms with van der Waals surface area (Å²) in [5.41, 5.74) is 17.0. The standard InChI is InChI=1S/C68H50N2/c1-67(2)57-25-11-15-29-61(57)69(62-30-16-12-26-58(62)67)47-36-38-53-55(41-47)65(46-34-33-43-19-5-6-20-44(43)39-46)52-37-35-48(70-63-31-17-13-27-59(63)68(3,4)60-28-14-18-32-64(60)70)42-56(52)66(53)54-40-45-21-7-8-22-49(45)50-23-9-10-24-51(50)54/h5-42H,1-4H3. The van der Waals surface area contributed by atoms with Crippen molar-refractivity contribution in [2.75, 3.05) is 9.80 Å². The van der Waals surface area contributed by atoms with E-state index in [-0.39, 0.29) is 10.8 Å². The summed E-state index contributed by atoms with van der Waals surface area (Å²) in [5.74, 6) is 0. The molecule has 12 aromatic carbocycles. The molecule has 0 aliphatic carbocycles. The van der Waals surface area contributed by atoms with Gasteiger partial charge < -0.3 is 9.80 Å². The number of benzene rings is 12. The molecule has 0 unspecified atom stereocenters. The zero-order chi connectivity index (χ0) is 46.9. The Balaban J connectivity index is 1.14. The summed E-state index contributed by atoms with van der Waals surface area (Å²) >= 11 is 0. The third-order valence-corrected chi connectivity index (χ3v) is 15.9. The quantitative estimate of drug-likeness (QED) is 0.128. The van der Waals surface area contributed by atoms with Crippen LogP contribution in [0, 0.1) is 0 Å². The molecule has 332 valence electrons. The van der Waals surface area contributed by atoms with Gasteiger partial charge in [-0.25, -0.2) is 0 Å². The van der Waals surface area contributed by atoms with Crippen LogP contribution in [-0.4, -0.2) is 0 Å². The zero-order valence-corrected chi connectivity index (χ0v) is 39.8. The Bertz CT molecular complexity index is 4060. The van der Waals surface area contributed by atoms with Crippen molar-refractivity contribution in [3.05, 3.63) is 253 Å². The lowest BCUT2D eigenvalue weighted by atomic mass is 9.73. The molecule has 0 radical (unpaired) electrons. The topological polar surface area (TPSA) is 6.48 Å². The normalized spacial score (nSPS) is 14.5. The van der Waals surface area contributed by atoms with Crippen molar-refractivity contribution in [1.29, 1.82) is 0 Å². The fourth-order valence-electron chi connectivity index (χ4n) is 12.6. The van der Waals surface area contributed by atoms with Crippen LogP contribution in [0.15, 0.2) is 231 Å². The highest BCUT2D eigenvalue weighted by molar-refractivity contribution is 6.27. The third kappa shape index (κ3) is 5.80. The lowest BCUT2D eigenvalue weighted by Crippen LogP contribution is -2.30. The van der Waals surface area contributed by atoms with Crippen LogP contribution in [0.2, 0.25) is 0 Å². The molecule has 0 spiro atoms. The summed E-state index contributed by atoms with van der Waals surface area (Å²) < 4.78 is 0. The fraction of sp³-hybridized carbons (Fsp3) is 0.0882. The highest BCUT2D eigenvalue weighted by atomic mass is 15.2. The molecule has 0 N–H and O–H groups in total. The van der Waals surface area contributed by atoms with Gasteiger partial charge in [0.15, 0.2) is 0 Å². The summed E-state index contributed by atoms with van der Waals surface area (Å²) in [5, 5.41) is 12.3. The van der Waals surface area contributed by atoms with Gasteiger partial charge >= 0.3 is 0 Å². The van der Waals surface area contributed by atoms with Crippen molar-refractivity contribution in [3.8, 4) is 22.3 Å². The van der Waals surface area contributed by atoms with Crippen LogP contribution in [0.3, 0.4) is 0 Å². The van der Waals surface area contributed by atoms with Gasteiger partial charge in [0.1, 0.15) is 0 Å². The van der Waals surface area contributed by atoms with Gasteiger partial charge in [0.25, 0.3) is 0 Å². The number of anilines is 6. The summed E-state index contributed by atoms with van der Waals surface area (Å²) in [7, 11) is 0. The van der Waals surface area contributed by atoms with Gasteiger partial charge in [-0.05, 0) is 159 Å². The van der Waals surface area contributed by atoms with Gasteiger partial charge in [-0.2, -0.15) is 0 Å². The van der Waals surface area contributed by atoms with Crippen molar-refractivity contribution in [2.24, 2.45) is 0 Å². The Morgan fingerprint density at radius 2 is 0.686 bits per heavy atom. The summed E-state index contributed by atoms with van der Waals surface area (Å²) in [6.07, 6.45) is 0. The zero-order valence-electron chi connectivity index (χ0n) is 39.8. The maximum atomic E-state index is 2.51. The van der Waals surface area contributed by atoms with Crippen molar-refractivity contribution >= 4 is 88.0 Å². The Morgan fingerprint density at radius 1 is 0.271 bits per heavy atom. The Labute approximate surface area is 409 Å². The minimum Gasteiger partial charge on any atom is -0.310 e. The monoisotopic (exact) mass is 894 g/mol. The highest BCUT2D eigenvalue weighted by Gasteiger charge is 2.38. The number of hydrogen-bond donors (Lipinski definition) is 0. The van der Waals surface area contributed by atoms with Crippen LogP contribution in [-0.2, 0) is 10.8 Å². The van der Waals surface area contributed by atoms with E-state index in [1.807, 2.05) is 0 Å². The van der Waals surface area contributed by atoms with Crippen LogP contribution < -0.4 is 9.80 Å². The predicted molar refractivity (Wildman–Crippen MR) is 298 cm³/mol. The van der Waals surface area contributed by atoms with Crippen LogP contribution in [0.4, 0.5) is 34.1 Å². The van der Waals surface area contributed by atoms with E-state index in [0.29, 0.717) is 0 Å². The molecule has 0 aromatic heterocycles. The first kappa shape index (κ1) is 40.6. The van der Waals surface area contributed by atoms with Crippen molar-refractivity contribution in [1.82, 2.24) is 0 Å². The number of para-hydroxylation sites is 4. The van der Waals surface area contributed by atoms with Crippen LogP contribution in [0.5, 0.6) is 0 Å². The van der Waals surface area contributed by atoms with Gasteiger partial charge in [-0.15, -0.1) is 0 Å². The van der Waals surface area contributed by atoms with Gasteiger partial charge in [0, 0.05) is 22.2 Å². The molecule has 12 aromatic rings. The van der Waals surface area contributed by atoms with Crippen molar-refractivity contribution < 1.29 is 0 Å². The molecule has 2 heterocycles.